The van der Waals surface area contributed by atoms with Gasteiger partial charge in [0.15, 0.2) is 0 Å². The normalized spacial score (nSPS) is 10.1. The molecule has 2 nitrogen and oxygen atoms in total. The van der Waals surface area contributed by atoms with Crippen LogP contribution >= 0.6 is 11.6 Å². The number of H-pyrrole nitrogens is 1. The highest BCUT2D eigenvalue weighted by Crippen LogP contribution is 2.30. The fraction of sp³-hybridized carbons (Fsp3) is 0.188. The highest BCUT2D eigenvalue weighted by molar-refractivity contribution is 6.31. The lowest BCUT2D eigenvalue weighted by Gasteiger charge is -2.03. The molecule has 0 fully saturated rings. The van der Waals surface area contributed by atoms with Gasteiger partial charge in [-0.05, 0) is 30.7 Å². The predicted octanol–water partition coefficient (Wildman–Crippen LogP) is 5.22. The van der Waals surface area contributed by atoms with Gasteiger partial charge in [0.05, 0.1) is 5.52 Å². The van der Waals surface area contributed by atoms with Gasteiger partial charge >= 0.3 is 0 Å². The molecule has 19 heavy (non-hydrogen) atoms. The maximum atomic E-state index is 6.05. The number of nitrogens with one attached hydrogen (secondary N) is 1. The minimum Gasteiger partial charge on any atom is -0.277 e. The number of hydrogen-bond donors (Lipinski definition) is 1. The second-order valence-electron chi connectivity index (χ2n) is 4.08. The van der Waals surface area contributed by atoms with Crippen molar-refractivity contribution in [3.8, 4) is 11.3 Å². The first-order valence-electron chi connectivity index (χ1n) is 6.45. The number of fused-ring (bicyclic) bond motifs is 1. The number of nitrogens with zero attached hydrogens (tertiary/aromatic N) is 1. The Bertz CT molecular complexity index is 686. The first-order valence-corrected chi connectivity index (χ1v) is 6.83. The Kier molecular flexibility index (Phi) is 4.23. The van der Waals surface area contributed by atoms with Crippen molar-refractivity contribution in [3.05, 3.63) is 53.1 Å². The SMILES string of the molecule is CC.Cc1ccc(Cl)cc1-c1n[nH]c2ccccc12. The molecule has 3 aromatic rings. The summed E-state index contributed by atoms with van der Waals surface area (Å²) < 4.78 is 0. The van der Waals surface area contributed by atoms with Crippen LogP contribution in [0.5, 0.6) is 0 Å². The molecule has 0 bridgehead atoms. The molecule has 0 spiro atoms. The largest absolute Gasteiger partial charge is 0.277 e. The third kappa shape index (κ3) is 2.64. The molecule has 0 radical (unpaired) electrons. The zero-order chi connectivity index (χ0) is 13.8. The molecule has 0 aliphatic heterocycles. The van der Waals surface area contributed by atoms with Gasteiger partial charge in [0, 0.05) is 16.0 Å². The van der Waals surface area contributed by atoms with E-state index in [0.717, 1.165) is 27.2 Å². The molecule has 0 saturated carbocycles. The van der Waals surface area contributed by atoms with E-state index in [2.05, 4.69) is 23.2 Å². The third-order valence-electron chi connectivity index (χ3n) is 2.93. The topological polar surface area (TPSA) is 28.7 Å². The zero-order valence-electron chi connectivity index (χ0n) is 11.4. The van der Waals surface area contributed by atoms with E-state index in [1.165, 1.54) is 5.56 Å². The minimum atomic E-state index is 0.734. The summed E-state index contributed by atoms with van der Waals surface area (Å²) >= 11 is 6.05. The van der Waals surface area contributed by atoms with Crippen molar-refractivity contribution >= 4 is 22.5 Å². The number of para-hydroxylation sites is 1. The van der Waals surface area contributed by atoms with E-state index in [1.807, 2.05) is 50.2 Å². The number of benzene rings is 2. The van der Waals surface area contributed by atoms with E-state index < -0.39 is 0 Å². The molecule has 0 aliphatic rings. The first kappa shape index (κ1) is 13.6. The summed E-state index contributed by atoms with van der Waals surface area (Å²) in [5.74, 6) is 0. The monoisotopic (exact) mass is 272 g/mol. The molecule has 3 rings (SSSR count). The van der Waals surface area contributed by atoms with Crippen LogP contribution in [0.25, 0.3) is 22.2 Å². The number of rotatable bonds is 1. The summed E-state index contributed by atoms with van der Waals surface area (Å²) in [4.78, 5) is 0. The maximum absolute atomic E-state index is 6.05. The highest BCUT2D eigenvalue weighted by atomic mass is 35.5. The molecular formula is C16H17ClN2. The van der Waals surface area contributed by atoms with Gasteiger partial charge < -0.3 is 0 Å². The van der Waals surface area contributed by atoms with Gasteiger partial charge in [0.2, 0.25) is 0 Å². The van der Waals surface area contributed by atoms with E-state index >= 15 is 0 Å². The van der Waals surface area contributed by atoms with Crippen LogP contribution in [0.3, 0.4) is 0 Å². The average Bonchev–Trinajstić information content (AvgIpc) is 2.88. The Hall–Kier alpha value is -1.80. The van der Waals surface area contributed by atoms with Crippen LogP contribution in [-0.2, 0) is 0 Å². The Morgan fingerprint density at radius 3 is 2.58 bits per heavy atom. The van der Waals surface area contributed by atoms with Crippen molar-refractivity contribution in [2.45, 2.75) is 20.8 Å². The molecule has 1 N–H and O–H groups in total. The number of aryl methyl sites for hydroxylation is 1. The predicted molar refractivity (Wildman–Crippen MR) is 82.6 cm³/mol. The molecule has 0 atom stereocenters. The molecule has 1 aromatic heterocycles. The maximum Gasteiger partial charge on any atom is 0.100 e. The first-order chi connectivity index (χ1) is 9.25. The number of hydrogen-bond acceptors (Lipinski definition) is 1. The highest BCUT2D eigenvalue weighted by Gasteiger charge is 2.10. The van der Waals surface area contributed by atoms with Gasteiger partial charge in [-0.25, -0.2) is 0 Å². The van der Waals surface area contributed by atoms with Gasteiger partial charge in [-0.15, -0.1) is 0 Å². The fourth-order valence-corrected chi connectivity index (χ4v) is 2.19. The van der Waals surface area contributed by atoms with Gasteiger partial charge in [0.1, 0.15) is 5.69 Å². The molecule has 2 aromatic carbocycles. The lowest BCUT2D eigenvalue weighted by molar-refractivity contribution is 1.12. The molecular weight excluding hydrogens is 256 g/mol. The summed E-state index contributed by atoms with van der Waals surface area (Å²) in [7, 11) is 0. The summed E-state index contributed by atoms with van der Waals surface area (Å²) in [5.41, 5.74) is 4.25. The quantitative estimate of drug-likeness (QED) is 0.646. The van der Waals surface area contributed by atoms with Crippen LogP contribution in [0.15, 0.2) is 42.5 Å². The Morgan fingerprint density at radius 1 is 1.05 bits per heavy atom. The molecule has 0 aliphatic carbocycles. The van der Waals surface area contributed by atoms with Crippen LogP contribution in [0.2, 0.25) is 5.02 Å². The smallest absolute Gasteiger partial charge is 0.100 e. The molecule has 3 heteroatoms. The van der Waals surface area contributed by atoms with Crippen LogP contribution in [0, 0.1) is 6.92 Å². The number of aromatic amines is 1. The van der Waals surface area contributed by atoms with Crippen molar-refractivity contribution in [1.82, 2.24) is 10.2 Å². The summed E-state index contributed by atoms with van der Waals surface area (Å²) in [5, 5.41) is 9.28. The summed E-state index contributed by atoms with van der Waals surface area (Å²) in [6, 6.07) is 14.0. The minimum absolute atomic E-state index is 0.734. The number of halogens is 1. The van der Waals surface area contributed by atoms with E-state index in [0.29, 0.717) is 0 Å². The molecule has 0 amide bonds. The molecule has 0 saturated heterocycles. The van der Waals surface area contributed by atoms with Crippen LogP contribution < -0.4 is 0 Å². The van der Waals surface area contributed by atoms with Crippen LogP contribution in [-0.4, -0.2) is 10.2 Å². The zero-order valence-corrected chi connectivity index (χ0v) is 12.1. The van der Waals surface area contributed by atoms with E-state index in [-0.39, 0.29) is 0 Å². The third-order valence-corrected chi connectivity index (χ3v) is 3.16. The average molecular weight is 273 g/mol. The van der Waals surface area contributed by atoms with E-state index in [4.69, 9.17) is 11.6 Å². The second kappa shape index (κ2) is 5.89. The summed E-state index contributed by atoms with van der Waals surface area (Å²) in [6.07, 6.45) is 0. The van der Waals surface area contributed by atoms with Crippen molar-refractivity contribution in [3.63, 3.8) is 0 Å². The van der Waals surface area contributed by atoms with E-state index in [1.54, 1.807) is 0 Å². The Morgan fingerprint density at radius 2 is 1.79 bits per heavy atom. The van der Waals surface area contributed by atoms with Crippen LogP contribution in [0.4, 0.5) is 0 Å². The molecule has 98 valence electrons. The van der Waals surface area contributed by atoms with Crippen molar-refractivity contribution in [1.29, 1.82) is 0 Å². The van der Waals surface area contributed by atoms with Gasteiger partial charge in [-0.3, -0.25) is 5.10 Å². The van der Waals surface area contributed by atoms with Crippen molar-refractivity contribution < 1.29 is 0 Å². The fourth-order valence-electron chi connectivity index (χ4n) is 2.02. The summed E-state index contributed by atoms with van der Waals surface area (Å²) in [6.45, 7) is 6.06. The van der Waals surface area contributed by atoms with Gasteiger partial charge in [0.25, 0.3) is 0 Å². The van der Waals surface area contributed by atoms with Gasteiger partial charge in [-0.2, -0.15) is 5.10 Å². The van der Waals surface area contributed by atoms with Crippen molar-refractivity contribution in [2.24, 2.45) is 0 Å². The second-order valence-corrected chi connectivity index (χ2v) is 4.51. The Labute approximate surface area is 118 Å². The standard InChI is InChI=1S/C14H11ClN2.C2H6/c1-9-6-7-10(15)8-12(9)14-11-4-2-3-5-13(11)16-17-14;1-2/h2-8H,1H3,(H,16,17);1-2H3. The van der Waals surface area contributed by atoms with Crippen LogP contribution in [0.1, 0.15) is 19.4 Å². The lowest BCUT2D eigenvalue weighted by atomic mass is 10.0. The molecule has 1 heterocycles. The Balaban J connectivity index is 0.000000637. The van der Waals surface area contributed by atoms with E-state index in [9.17, 15) is 0 Å². The lowest BCUT2D eigenvalue weighted by Crippen LogP contribution is -1.84. The van der Waals surface area contributed by atoms with Crippen molar-refractivity contribution in [2.75, 3.05) is 0 Å². The van der Waals surface area contributed by atoms with Gasteiger partial charge in [-0.1, -0.05) is 49.7 Å². The number of aromatic nitrogens is 2. The molecule has 0 unspecified atom stereocenters.